The van der Waals surface area contributed by atoms with Crippen molar-refractivity contribution in [3.05, 3.63) is 11.6 Å². The standard InChI is InChI=1S/C11H19N5O/c1-3-9-13-10(15-14-9)11(17)16-5-4-8(12)7(2)6-16/h7-8H,3-6,12H2,1-2H3,(H,13,14,15). The summed E-state index contributed by atoms with van der Waals surface area (Å²) in [5.74, 6) is 1.25. The van der Waals surface area contributed by atoms with Crippen LogP contribution in [0.1, 0.15) is 36.7 Å². The molecule has 17 heavy (non-hydrogen) atoms. The van der Waals surface area contributed by atoms with Crippen LogP contribution in [-0.4, -0.2) is 45.1 Å². The molecular formula is C11H19N5O. The van der Waals surface area contributed by atoms with Gasteiger partial charge in [0, 0.05) is 25.6 Å². The van der Waals surface area contributed by atoms with Crippen LogP contribution in [-0.2, 0) is 6.42 Å². The van der Waals surface area contributed by atoms with Crippen molar-refractivity contribution in [2.75, 3.05) is 13.1 Å². The van der Waals surface area contributed by atoms with Gasteiger partial charge in [-0.25, -0.2) is 4.98 Å². The first-order valence-electron chi connectivity index (χ1n) is 6.08. The van der Waals surface area contributed by atoms with Gasteiger partial charge in [-0.3, -0.25) is 9.89 Å². The molecule has 2 heterocycles. The number of carbonyl (C=O) groups is 1. The normalized spacial score (nSPS) is 25.0. The molecule has 0 aromatic carbocycles. The maximum Gasteiger partial charge on any atom is 0.293 e. The Bertz CT molecular complexity index is 402. The van der Waals surface area contributed by atoms with E-state index in [0.717, 1.165) is 18.7 Å². The van der Waals surface area contributed by atoms with Crippen molar-refractivity contribution < 1.29 is 4.79 Å². The van der Waals surface area contributed by atoms with E-state index in [2.05, 4.69) is 22.1 Å². The van der Waals surface area contributed by atoms with Gasteiger partial charge in [0.25, 0.3) is 5.91 Å². The van der Waals surface area contributed by atoms with Crippen molar-refractivity contribution in [2.45, 2.75) is 32.7 Å². The minimum absolute atomic E-state index is 0.0975. The van der Waals surface area contributed by atoms with E-state index < -0.39 is 0 Å². The molecule has 94 valence electrons. The van der Waals surface area contributed by atoms with Crippen LogP contribution in [0.2, 0.25) is 0 Å². The molecule has 0 aliphatic carbocycles. The molecule has 1 aromatic heterocycles. The zero-order valence-electron chi connectivity index (χ0n) is 10.3. The fourth-order valence-electron chi connectivity index (χ4n) is 2.04. The van der Waals surface area contributed by atoms with Gasteiger partial charge in [0.05, 0.1) is 0 Å². The molecule has 2 unspecified atom stereocenters. The number of carbonyl (C=O) groups excluding carboxylic acids is 1. The molecule has 6 heteroatoms. The highest BCUT2D eigenvalue weighted by Crippen LogP contribution is 2.16. The average molecular weight is 237 g/mol. The van der Waals surface area contributed by atoms with Crippen LogP contribution in [0.5, 0.6) is 0 Å². The molecule has 6 nitrogen and oxygen atoms in total. The number of nitrogens with two attached hydrogens (primary N) is 1. The second kappa shape index (κ2) is 4.83. The molecule has 1 aliphatic rings. The Morgan fingerprint density at radius 2 is 2.41 bits per heavy atom. The zero-order valence-corrected chi connectivity index (χ0v) is 10.3. The van der Waals surface area contributed by atoms with Crippen LogP contribution in [0, 0.1) is 5.92 Å². The minimum atomic E-state index is -0.0975. The van der Waals surface area contributed by atoms with Gasteiger partial charge < -0.3 is 10.6 Å². The van der Waals surface area contributed by atoms with E-state index in [0.29, 0.717) is 19.0 Å². The van der Waals surface area contributed by atoms with Crippen LogP contribution in [0.25, 0.3) is 0 Å². The largest absolute Gasteiger partial charge is 0.335 e. The van der Waals surface area contributed by atoms with Crippen LogP contribution < -0.4 is 5.73 Å². The highest BCUT2D eigenvalue weighted by Gasteiger charge is 2.28. The van der Waals surface area contributed by atoms with Gasteiger partial charge in [-0.2, -0.15) is 0 Å². The van der Waals surface area contributed by atoms with Crippen LogP contribution in [0.15, 0.2) is 0 Å². The van der Waals surface area contributed by atoms with Gasteiger partial charge in [0.15, 0.2) is 0 Å². The Kier molecular flexibility index (Phi) is 3.42. The molecule has 3 N–H and O–H groups in total. The molecule has 1 fully saturated rings. The molecule has 0 saturated carbocycles. The molecule has 1 aromatic rings. The van der Waals surface area contributed by atoms with Gasteiger partial charge in [-0.1, -0.05) is 13.8 Å². The number of hydrogen-bond donors (Lipinski definition) is 2. The molecule has 0 spiro atoms. The Labute approximate surface area is 101 Å². The lowest BCUT2D eigenvalue weighted by molar-refractivity contribution is 0.0652. The average Bonchev–Trinajstić information content (AvgIpc) is 2.80. The number of hydrogen-bond acceptors (Lipinski definition) is 4. The number of rotatable bonds is 2. The summed E-state index contributed by atoms with van der Waals surface area (Å²) in [7, 11) is 0. The lowest BCUT2D eigenvalue weighted by Gasteiger charge is -2.34. The Morgan fingerprint density at radius 3 is 3.00 bits per heavy atom. The van der Waals surface area contributed by atoms with Crippen molar-refractivity contribution in [3.8, 4) is 0 Å². The number of amides is 1. The van der Waals surface area contributed by atoms with Crippen LogP contribution in [0.3, 0.4) is 0 Å². The first-order chi connectivity index (χ1) is 8.11. The highest BCUT2D eigenvalue weighted by atomic mass is 16.2. The third-order valence-electron chi connectivity index (χ3n) is 3.32. The van der Waals surface area contributed by atoms with Crippen molar-refractivity contribution in [1.82, 2.24) is 20.1 Å². The second-order valence-electron chi connectivity index (χ2n) is 4.64. The zero-order chi connectivity index (χ0) is 12.4. The number of H-pyrrole nitrogens is 1. The number of piperidine rings is 1. The molecule has 0 radical (unpaired) electrons. The third kappa shape index (κ3) is 2.46. The van der Waals surface area contributed by atoms with Crippen molar-refractivity contribution >= 4 is 5.91 Å². The number of aromatic amines is 1. The van der Waals surface area contributed by atoms with E-state index in [9.17, 15) is 4.79 Å². The van der Waals surface area contributed by atoms with Crippen molar-refractivity contribution in [3.63, 3.8) is 0 Å². The van der Waals surface area contributed by atoms with Gasteiger partial charge in [-0.05, 0) is 12.3 Å². The van der Waals surface area contributed by atoms with E-state index in [1.807, 2.05) is 6.92 Å². The van der Waals surface area contributed by atoms with Crippen LogP contribution >= 0.6 is 0 Å². The summed E-state index contributed by atoms with van der Waals surface area (Å²) >= 11 is 0. The van der Waals surface area contributed by atoms with Gasteiger partial charge in [0.1, 0.15) is 5.82 Å². The molecular weight excluding hydrogens is 218 g/mol. The van der Waals surface area contributed by atoms with Crippen molar-refractivity contribution in [1.29, 1.82) is 0 Å². The third-order valence-corrected chi connectivity index (χ3v) is 3.32. The summed E-state index contributed by atoms with van der Waals surface area (Å²) in [6, 6.07) is 0.192. The van der Waals surface area contributed by atoms with E-state index in [4.69, 9.17) is 5.73 Å². The minimum Gasteiger partial charge on any atom is -0.335 e. The topological polar surface area (TPSA) is 87.9 Å². The summed E-state index contributed by atoms with van der Waals surface area (Å²) in [4.78, 5) is 18.1. The van der Waals surface area contributed by atoms with Gasteiger partial charge in [-0.15, -0.1) is 5.10 Å². The second-order valence-corrected chi connectivity index (χ2v) is 4.64. The number of likely N-dealkylation sites (tertiary alicyclic amines) is 1. The summed E-state index contributed by atoms with van der Waals surface area (Å²) in [6.45, 7) is 5.42. The smallest absolute Gasteiger partial charge is 0.293 e. The lowest BCUT2D eigenvalue weighted by Crippen LogP contribution is -2.48. The molecule has 2 atom stereocenters. The van der Waals surface area contributed by atoms with Gasteiger partial charge >= 0.3 is 0 Å². The van der Waals surface area contributed by atoms with Gasteiger partial charge in [0.2, 0.25) is 5.82 Å². The lowest BCUT2D eigenvalue weighted by atomic mass is 9.95. The van der Waals surface area contributed by atoms with E-state index >= 15 is 0 Å². The quantitative estimate of drug-likeness (QED) is 0.768. The summed E-state index contributed by atoms with van der Waals surface area (Å²) < 4.78 is 0. The summed E-state index contributed by atoms with van der Waals surface area (Å²) in [6.07, 6.45) is 1.60. The highest BCUT2D eigenvalue weighted by molar-refractivity contribution is 5.90. The predicted octanol–water partition coefficient (Wildman–Crippen LogP) is 0.176. The molecule has 1 saturated heterocycles. The predicted molar refractivity (Wildman–Crippen MR) is 63.4 cm³/mol. The Balaban J connectivity index is 2.05. The van der Waals surface area contributed by atoms with E-state index in [-0.39, 0.29) is 17.8 Å². The number of aryl methyl sites for hydroxylation is 1. The molecule has 1 aliphatic heterocycles. The summed E-state index contributed by atoms with van der Waals surface area (Å²) in [5, 5.41) is 6.71. The Morgan fingerprint density at radius 1 is 1.65 bits per heavy atom. The first-order valence-corrected chi connectivity index (χ1v) is 6.08. The van der Waals surface area contributed by atoms with E-state index in [1.54, 1.807) is 4.90 Å². The number of nitrogens with zero attached hydrogens (tertiary/aromatic N) is 3. The SMILES string of the molecule is CCc1nc(C(=O)N2CCC(N)C(C)C2)n[nH]1. The monoisotopic (exact) mass is 237 g/mol. The fourth-order valence-corrected chi connectivity index (χ4v) is 2.04. The van der Waals surface area contributed by atoms with Crippen molar-refractivity contribution in [2.24, 2.45) is 11.7 Å². The van der Waals surface area contributed by atoms with Crippen LogP contribution in [0.4, 0.5) is 0 Å². The maximum atomic E-state index is 12.1. The molecule has 0 bridgehead atoms. The molecule has 2 rings (SSSR count). The summed E-state index contributed by atoms with van der Waals surface area (Å²) in [5.41, 5.74) is 5.93. The fraction of sp³-hybridized carbons (Fsp3) is 0.727. The maximum absolute atomic E-state index is 12.1. The van der Waals surface area contributed by atoms with E-state index in [1.165, 1.54) is 0 Å². The Hall–Kier alpha value is -1.43. The molecule has 1 amide bonds. The first kappa shape index (κ1) is 12.0. The number of nitrogens with one attached hydrogen (secondary N) is 1. The number of aromatic nitrogens is 3.